The molecule has 1 unspecified atom stereocenters. The van der Waals surface area contributed by atoms with Gasteiger partial charge in [0.25, 0.3) is 0 Å². The van der Waals surface area contributed by atoms with E-state index < -0.39 is 0 Å². The number of nitrogens with one attached hydrogen (secondary N) is 1. The van der Waals surface area contributed by atoms with Crippen molar-refractivity contribution in [2.75, 3.05) is 20.2 Å². The average molecular weight is 255 g/mol. The minimum atomic E-state index is -0.0555. The number of amides is 2. The highest BCUT2D eigenvalue weighted by atomic mass is 35.5. The Bertz CT molecular complexity index is 437. The summed E-state index contributed by atoms with van der Waals surface area (Å²) >= 11 is 6.12. The maximum Gasteiger partial charge on any atom is 0.317 e. The Morgan fingerprint density at radius 3 is 2.88 bits per heavy atom. The fourth-order valence-corrected chi connectivity index (χ4v) is 2.17. The minimum absolute atomic E-state index is 0.0377. The van der Waals surface area contributed by atoms with Gasteiger partial charge in [-0.15, -0.1) is 0 Å². The van der Waals surface area contributed by atoms with Crippen LogP contribution in [0.25, 0.3) is 0 Å². The molecule has 1 N–H and O–H groups in total. The van der Waals surface area contributed by atoms with Crippen LogP contribution in [0.3, 0.4) is 0 Å². The molecular weight excluding hydrogens is 240 g/mol. The van der Waals surface area contributed by atoms with Crippen molar-refractivity contribution >= 4 is 17.6 Å². The van der Waals surface area contributed by atoms with E-state index in [1.807, 2.05) is 25.1 Å². The van der Waals surface area contributed by atoms with E-state index in [4.69, 9.17) is 16.3 Å². The topological polar surface area (TPSA) is 41.6 Å². The zero-order chi connectivity index (χ0) is 12.4. The lowest BCUT2D eigenvalue weighted by atomic mass is 10.1. The number of urea groups is 1. The highest BCUT2D eigenvalue weighted by Gasteiger charge is 2.28. The summed E-state index contributed by atoms with van der Waals surface area (Å²) in [4.78, 5) is 13.0. The number of likely N-dealkylation sites (N-methyl/N-ethyl adjacent to an activating group) is 1. The fourth-order valence-electron chi connectivity index (χ4n) is 1.93. The lowest BCUT2D eigenvalue weighted by molar-refractivity contribution is 0.217. The van der Waals surface area contributed by atoms with Crippen LogP contribution in [0.4, 0.5) is 4.79 Å². The van der Waals surface area contributed by atoms with Crippen LogP contribution in [0, 0.1) is 0 Å². The lowest BCUT2D eigenvalue weighted by Crippen LogP contribution is -2.25. The molecule has 0 radical (unpaired) electrons. The number of carbonyl (C=O) groups excluding carboxylic acids is 1. The smallest absolute Gasteiger partial charge is 0.317 e. The van der Waals surface area contributed by atoms with E-state index in [2.05, 4.69) is 5.32 Å². The predicted octanol–water partition coefficient (Wildman–Crippen LogP) is 2.43. The van der Waals surface area contributed by atoms with Gasteiger partial charge in [0.1, 0.15) is 5.75 Å². The molecule has 0 aromatic heterocycles. The van der Waals surface area contributed by atoms with E-state index in [1.54, 1.807) is 11.9 Å². The summed E-state index contributed by atoms with van der Waals surface area (Å²) in [5.74, 6) is 0.679. The van der Waals surface area contributed by atoms with Crippen molar-refractivity contribution < 1.29 is 9.53 Å². The Morgan fingerprint density at radius 2 is 2.35 bits per heavy atom. The van der Waals surface area contributed by atoms with Crippen LogP contribution in [0.15, 0.2) is 18.2 Å². The zero-order valence-corrected chi connectivity index (χ0v) is 10.6. The molecule has 17 heavy (non-hydrogen) atoms. The second-order valence-electron chi connectivity index (χ2n) is 3.94. The van der Waals surface area contributed by atoms with Crippen LogP contribution in [0.5, 0.6) is 5.75 Å². The second-order valence-corrected chi connectivity index (χ2v) is 4.34. The summed E-state index contributed by atoms with van der Waals surface area (Å²) in [7, 11) is 1.78. The number of carbonyl (C=O) groups is 1. The van der Waals surface area contributed by atoms with Gasteiger partial charge in [0, 0.05) is 13.6 Å². The van der Waals surface area contributed by atoms with Crippen LogP contribution >= 0.6 is 11.6 Å². The largest absolute Gasteiger partial charge is 0.492 e. The third-order valence-corrected chi connectivity index (χ3v) is 3.17. The molecule has 0 spiro atoms. The fraction of sp³-hybridized carbons (Fsp3) is 0.417. The first-order valence-electron chi connectivity index (χ1n) is 5.56. The molecule has 1 aromatic carbocycles. The van der Waals surface area contributed by atoms with Crippen LogP contribution in [-0.4, -0.2) is 31.1 Å². The summed E-state index contributed by atoms with van der Waals surface area (Å²) in [6.07, 6.45) is 0. The van der Waals surface area contributed by atoms with Gasteiger partial charge in [-0.1, -0.05) is 17.7 Å². The Kier molecular flexibility index (Phi) is 3.43. The average Bonchev–Trinajstić information content (AvgIpc) is 2.63. The molecule has 1 fully saturated rings. The van der Waals surface area contributed by atoms with Crippen LogP contribution in [0.2, 0.25) is 5.02 Å². The van der Waals surface area contributed by atoms with Crippen molar-refractivity contribution in [3.8, 4) is 5.75 Å². The minimum Gasteiger partial charge on any atom is -0.492 e. The van der Waals surface area contributed by atoms with E-state index in [9.17, 15) is 4.79 Å². The Hall–Kier alpha value is -1.42. The molecule has 92 valence electrons. The van der Waals surface area contributed by atoms with Crippen LogP contribution in [-0.2, 0) is 0 Å². The molecule has 2 amide bonds. The van der Waals surface area contributed by atoms with Crippen LogP contribution in [0.1, 0.15) is 18.5 Å². The first-order chi connectivity index (χ1) is 8.13. The number of rotatable bonds is 3. The van der Waals surface area contributed by atoms with Gasteiger partial charge in [-0.25, -0.2) is 4.79 Å². The Balaban J connectivity index is 2.23. The second kappa shape index (κ2) is 4.84. The summed E-state index contributed by atoms with van der Waals surface area (Å²) in [5, 5.41) is 3.37. The monoisotopic (exact) mass is 254 g/mol. The zero-order valence-electron chi connectivity index (χ0n) is 9.87. The number of nitrogens with zero attached hydrogens (tertiary/aromatic N) is 1. The van der Waals surface area contributed by atoms with E-state index in [-0.39, 0.29) is 12.1 Å². The van der Waals surface area contributed by atoms with Gasteiger partial charge in [0.2, 0.25) is 0 Å². The maximum absolute atomic E-state index is 11.4. The van der Waals surface area contributed by atoms with E-state index in [0.29, 0.717) is 23.9 Å². The number of ether oxygens (including phenoxy) is 1. The molecule has 1 saturated heterocycles. The van der Waals surface area contributed by atoms with Crippen molar-refractivity contribution in [2.24, 2.45) is 0 Å². The van der Waals surface area contributed by atoms with Gasteiger partial charge in [-0.3, -0.25) is 0 Å². The number of benzene rings is 1. The number of hydrogen-bond donors (Lipinski definition) is 1. The van der Waals surface area contributed by atoms with E-state index in [1.165, 1.54) is 0 Å². The number of hydrogen-bond acceptors (Lipinski definition) is 2. The van der Waals surface area contributed by atoms with Gasteiger partial charge in [-0.05, 0) is 24.6 Å². The van der Waals surface area contributed by atoms with Gasteiger partial charge in [0.05, 0.1) is 17.7 Å². The molecule has 1 aliphatic heterocycles. The normalized spacial score (nSPS) is 19.4. The third-order valence-electron chi connectivity index (χ3n) is 2.88. The quantitative estimate of drug-likeness (QED) is 0.900. The summed E-state index contributed by atoms with van der Waals surface area (Å²) in [5.41, 5.74) is 1.01. The molecular formula is C12H15ClN2O2. The lowest BCUT2D eigenvalue weighted by Gasteiger charge is -2.19. The van der Waals surface area contributed by atoms with Gasteiger partial charge < -0.3 is 15.0 Å². The molecule has 1 heterocycles. The molecule has 0 saturated carbocycles. The molecule has 0 bridgehead atoms. The first kappa shape index (κ1) is 12.0. The SMILES string of the molecule is CCOc1ccc(C2CNC(=O)N2C)cc1Cl. The molecule has 2 rings (SSSR count). The predicted molar refractivity (Wildman–Crippen MR) is 66.5 cm³/mol. The molecule has 0 aliphatic carbocycles. The van der Waals surface area contributed by atoms with Gasteiger partial charge >= 0.3 is 6.03 Å². The van der Waals surface area contributed by atoms with Gasteiger partial charge in [0.15, 0.2) is 0 Å². The molecule has 1 aliphatic rings. The summed E-state index contributed by atoms with van der Waals surface area (Å²) < 4.78 is 5.37. The van der Waals surface area contributed by atoms with Crippen molar-refractivity contribution in [1.82, 2.24) is 10.2 Å². The Morgan fingerprint density at radius 1 is 1.59 bits per heavy atom. The first-order valence-corrected chi connectivity index (χ1v) is 5.94. The molecule has 4 nitrogen and oxygen atoms in total. The van der Waals surface area contributed by atoms with E-state index >= 15 is 0 Å². The van der Waals surface area contributed by atoms with Crippen molar-refractivity contribution in [3.05, 3.63) is 28.8 Å². The van der Waals surface area contributed by atoms with Crippen molar-refractivity contribution in [1.29, 1.82) is 0 Å². The highest BCUT2D eigenvalue weighted by molar-refractivity contribution is 6.32. The molecule has 5 heteroatoms. The Labute approximate surface area is 106 Å². The number of halogens is 1. The van der Waals surface area contributed by atoms with Gasteiger partial charge in [-0.2, -0.15) is 0 Å². The highest BCUT2D eigenvalue weighted by Crippen LogP contribution is 2.30. The van der Waals surface area contributed by atoms with E-state index in [0.717, 1.165) is 5.56 Å². The van der Waals surface area contributed by atoms with Crippen molar-refractivity contribution in [2.45, 2.75) is 13.0 Å². The molecule has 1 aromatic rings. The summed E-state index contributed by atoms with van der Waals surface area (Å²) in [6.45, 7) is 3.11. The molecule has 1 atom stereocenters. The third kappa shape index (κ3) is 2.31. The van der Waals surface area contributed by atoms with Crippen molar-refractivity contribution in [3.63, 3.8) is 0 Å². The standard InChI is InChI=1S/C12H15ClN2O2/c1-3-17-11-5-4-8(6-9(11)13)10-7-14-12(16)15(10)2/h4-6,10H,3,7H2,1-2H3,(H,14,16). The maximum atomic E-state index is 11.4. The van der Waals surface area contributed by atoms with Crippen LogP contribution < -0.4 is 10.1 Å². The summed E-state index contributed by atoms with van der Waals surface area (Å²) in [6, 6.07) is 5.63.